The van der Waals surface area contributed by atoms with Gasteiger partial charge >= 0.3 is 24.8 Å². The first kappa shape index (κ1) is 18.4. The van der Waals surface area contributed by atoms with Crippen molar-refractivity contribution in [1.29, 1.82) is 0 Å². The Morgan fingerprint density at radius 2 is 2.18 bits per heavy atom. The van der Waals surface area contributed by atoms with Crippen molar-refractivity contribution < 1.29 is 23.5 Å². The van der Waals surface area contributed by atoms with Gasteiger partial charge in [-0.05, 0) is 18.6 Å². The summed E-state index contributed by atoms with van der Waals surface area (Å²) in [6, 6.07) is 1.30. The molecule has 22 heavy (non-hydrogen) atoms. The fourth-order valence-electron chi connectivity index (χ4n) is 2.21. The van der Waals surface area contributed by atoms with Gasteiger partial charge in [-0.3, -0.25) is 4.79 Å². The first-order valence-electron chi connectivity index (χ1n) is 6.39. The number of carbonyl (C=O) groups excluding carboxylic acids is 1. The second-order valence-corrected chi connectivity index (χ2v) is 4.92. The number of rotatable bonds is 3. The molecule has 9 heteroatoms. The van der Waals surface area contributed by atoms with Crippen molar-refractivity contribution in [2.24, 2.45) is 0 Å². The minimum atomic E-state index is -3.11. The summed E-state index contributed by atoms with van der Waals surface area (Å²) >= 11 is 0. The summed E-state index contributed by atoms with van der Waals surface area (Å²) in [5, 5.41) is 11.4. The Bertz CT molecular complexity index is 571. The zero-order valence-corrected chi connectivity index (χ0v) is 11.3. The van der Waals surface area contributed by atoms with E-state index in [4.69, 9.17) is 5.11 Å². The summed E-state index contributed by atoms with van der Waals surface area (Å²) < 4.78 is 28.0. The van der Waals surface area contributed by atoms with Crippen molar-refractivity contribution >= 4 is 36.6 Å². The van der Waals surface area contributed by atoms with Crippen LogP contribution < -0.4 is 5.32 Å². The zero-order chi connectivity index (χ0) is 15.6. The number of aromatic nitrogens is 1. The number of carbonyl (C=O) groups is 2. The van der Waals surface area contributed by atoms with Crippen LogP contribution in [0, 0.1) is 0 Å². The first-order chi connectivity index (χ1) is 9.79. The Kier molecular flexibility index (Phi) is 5.91. The van der Waals surface area contributed by atoms with E-state index in [0.717, 1.165) is 4.90 Å². The quantitative estimate of drug-likeness (QED) is 0.807. The van der Waals surface area contributed by atoms with Crippen LogP contribution in [0.25, 0.3) is 0 Å². The Morgan fingerprint density at radius 1 is 1.50 bits per heavy atom. The molecular formula is C13H16F2LiN3O3. The molecule has 2 N–H and O–H groups in total. The molecule has 1 aromatic rings. The molecule has 1 aliphatic heterocycles. The molecule has 0 radical (unpaired) electrons. The van der Waals surface area contributed by atoms with Crippen molar-refractivity contribution in [2.75, 3.05) is 18.4 Å². The summed E-state index contributed by atoms with van der Waals surface area (Å²) in [5.74, 6) is -4.57. The van der Waals surface area contributed by atoms with Gasteiger partial charge in [0.25, 0.3) is 5.92 Å². The Balaban J connectivity index is 0.00000242. The second kappa shape index (κ2) is 7.07. The number of pyridine rings is 1. The van der Waals surface area contributed by atoms with Crippen LogP contribution in [0.1, 0.15) is 23.7 Å². The molecule has 1 aliphatic rings. The summed E-state index contributed by atoms with van der Waals surface area (Å²) in [6.45, 7) is 0.821. The molecule has 2 rings (SSSR count). The minimum absolute atomic E-state index is 0. The molecule has 1 unspecified atom stereocenters. The fraction of sp³-hybridized carbons (Fsp3) is 0.462. The van der Waals surface area contributed by atoms with Gasteiger partial charge < -0.3 is 15.3 Å². The number of nitrogens with one attached hydrogen (secondary N) is 1. The first-order valence-corrected chi connectivity index (χ1v) is 6.39. The number of anilines is 1. The molecule has 1 fully saturated rings. The number of amides is 1. The molecule has 2 heterocycles. The van der Waals surface area contributed by atoms with E-state index in [1.54, 1.807) is 0 Å². The number of carboxylic acids is 1. The fourth-order valence-corrected chi connectivity index (χ4v) is 2.21. The summed E-state index contributed by atoms with van der Waals surface area (Å²) in [4.78, 5) is 27.0. The third kappa shape index (κ3) is 4.18. The van der Waals surface area contributed by atoms with Gasteiger partial charge in [-0.1, -0.05) is 0 Å². The molecule has 1 aromatic heterocycles. The molecule has 0 bridgehead atoms. The Hall–Kier alpha value is -1.65. The number of halogens is 2. The average molecular weight is 307 g/mol. The molecular weight excluding hydrogens is 291 g/mol. The topological polar surface area (TPSA) is 82.5 Å². The summed E-state index contributed by atoms with van der Waals surface area (Å²) in [5.41, 5.74) is -0.0306. The molecule has 0 aliphatic carbocycles. The molecule has 116 valence electrons. The van der Waals surface area contributed by atoms with Gasteiger partial charge in [0, 0.05) is 19.7 Å². The maximum absolute atomic E-state index is 14.0. The maximum atomic E-state index is 14.0. The van der Waals surface area contributed by atoms with Gasteiger partial charge in [-0.15, -0.1) is 0 Å². The number of nitrogens with zero attached hydrogens (tertiary/aromatic N) is 2. The van der Waals surface area contributed by atoms with Crippen LogP contribution in [0.4, 0.5) is 14.6 Å². The molecule has 1 amide bonds. The van der Waals surface area contributed by atoms with Crippen LogP contribution in [0.5, 0.6) is 0 Å². The van der Waals surface area contributed by atoms with Crippen LogP contribution in [-0.4, -0.2) is 70.8 Å². The monoisotopic (exact) mass is 307 g/mol. The van der Waals surface area contributed by atoms with Crippen LogP contribution in [0.3, 0.4) is 0 Å². The van der Waals surface area contributed by atoms with E-state index >= 15 is 0 Å². The van der Waals surface area contributed by atoms with Gasteiger partial charge in [-0.25, -0.2) is 18.6 Å². The van der Waals surface area contributed by atoms with Gasteiger partial charge in [0.2, 0.25) is 5.91 Å². The SMILES string of the molecule is CC(=O)N1CCC(Nc2cc(C(=O)O)ccn2)C(F)(F)C1.[LiH]. The molecule has 0 aromatic carbocycles. The standard InChI is InChI=1S/C13H15F2N3O3.Li.H/c1-8(19)18-5-3-10(13(14,15)7-18)17-11-6-9(12(20)21)2-4-16-11;;/h2,4,6,10H,3,5,7H2,1H3,(H,16,17)(H,20,21);;. The molecule has 1 saturated heterocycles. The summed E-state index contributed by atoms with van der Waals surface area (Å²) in [6.07, 6.45) is 1.31. The number of alkyl halides is 2. The molecule has 0 saturated carbocycles. The number of piperidine rings is 1. The van der Waals surface area contributed by atoms with Crippen LogP contribution in [-0.2, 0) is 4.79 Å². The predicted molar refractivity (Wildman–Crippen MR) is 77.6 cm³/mol. The third-order valence-corrected chi connectivity index (χ3v) is 3.37. The van der Waals surface area contributed by atoms with Gasteiger partial charge in [0.15, 0.2) is 0 Å². The number of likely N-dealkylation sites (tertiary alicyclic amines) is 1. The number of carboxylic acid groups (broad SMARTS) is 1. The Morgan fingerprint density at radius 3 is 2.73 bits per heavy atom. The molecule has 0 spiro atoms. The molecule has 1 atom stereocenters. The van der Waals surface area contributed by atoms with E-state index in [1.165, 1.54) is 25.3 Å². The zero-order valence-electron chi connectivity index (χ0n) is 11.3. The van der Waals surface area contributed by atoms with Crippen molar-refractivity contribution in [3.63, 3.8) is 0 Å². The number of hydrogen-bond acceptors (Lipinski definition) is 4. The number of hydrogen-bond donors (Lipinski definition) is 2. The average Bonchev–Trinajstić information content (AvgIpc) is 2.41. The van der Waals surface area contributed by atoms with E-state index in [9.17, 15) is 18.4 Å². The van der Waals surface area contributed by atoms with Gasteiger partial charge in [0.1, 0.15) is 5.82 Å². The number of aromatic carboxylic acids is 1. The van der Waals surface area contributed by atoms with Crippen molar-refractivity contribution in [3.05, 3.63) is 23.9 Å². The van der Waals surface area contributed by atoms with Gasteiger partial charge in [-0.2, -0.15) is 0 Å². The summed E-state index contributed by atoms with van der Waals surface area (Å²) in [7, 11) is 0. The van der Waals surface area contributed by atoms with E-state index in [1.807, 2.05) is 0 Å². The second-order valence-electron chi connectivity index (χ2n) is 4.92. The van der Waals surface area contributed by atoms with E-state index in [0.29, 0.717) is 0 Å². The van der Waals surface area contributed by atoms with E-state index < -0.39 is 24.5 Å². The van der Waals surface area contributed by atoms with Crippen LogP contribution in [0.15, 0.2) is 18.3 Å². The van der Waals surface area contributed by atoms with Gasteiger partial charge in [0.05, 0.1) is 18.2 Å². The predicted octanol–water partition coefficient (Wildman–Crippen LogP) is 0.799. The van der Waals surface area contributed by atoms with Crippen LogP contribution >= 0.6 is 0 Å². The van der Waals surface area contributed by atoms with E-state index in [-0.39, 0.29) is 49.1 Å². The van der Waals surface area contributed by atoms with E-state index in [2.05, 4.69) is 10.3 Å². The van der Waals surface area contributed by atoms with Crippen molar-refractivity contribution in [3.8, 4) is 0 Å². The van der Waals surface area contributed by atoms with Crippen LogP contribution in [0.2, 0.25) is 0 Å². The van der Waals surface area contributed by atoms with Crippen molar-refractivity contribution in [2.45, 2.75) is 25.3 Å². The third-order valence-electron chi connectivity index (χ3n) is 3.37. The van der Waals surface area contributed by atoms with Crippen molar-refractivity contribution in [1.82, 2.24) is 9.88 Å². The molecule has 6 nitrogen and oxygen atoms in total. The normalized spacial score (nSPS) is 20.0. The Labute approximate surface area is 138 Å².